The van der Waals surface area contributed by atoms with Crippen molar-refractivity contribution >= 4 is 36.1 Å². The Hall–Kier alpha value is 0.0400. The van der Waals surface area contributed by atoms with E-state index in [9.17, 15) is 9.59 Å². The maximum absolute atomic E-state index is 9.92. The molecule has 0 saturated heterocycles. The van der Waals surface area contributed by atoms with Crippen LogP contribution in [0, 0.1) is 0 Å². The molecule has 0 aliphatic heterocycles. The lowest BCUT2D eigenvalue weighted by Gasteiger charge is -1.97. The van der Waals surface area contributed by atoms with Gasteiger partial charge in [-0.3, -0.25) is 0 Å². The minimum atomic E-state index is 0.656. The highest BCUT2D eigenvalue weighted by atomic mass is 32.2. The second-order valence-corrected chi connectivity index (χ2v) is 4.58. The molecule has 0 radical (unpaired) electrons. The number of hydrogen-bond acceptors (Lipinski definition) is 4. The third-order valence-corrected chi connectivity index (χ3v) is 3.42. The molecule has 0 fully saturated rings. The van der Waals surface area contributed by atoms with Crippen LogP contribution in [0.2, 0.25) is 0 Å². The summed E-state index contributed by atoms with van der Waals surface area (Å²) in [7, 11) is 0. The molecule has 0 spiro atoms. The van der Waals surface area contributed by atoms with Crippen molar-refractivity contribution in [1.29, 1.82) is 0 Å². The van der Waals surface area contributed by atoms with E-state index < -0.39 is 0 Å². The van der Waals surface area contributed by atoms with Crippen molar-refractivity contribution in [2.75, 3.05) is 23.0 Å². The van der Waals surface area contributed by atoms with E-state index in [0.717, 1.165) is 35.6 Å². The molecule has 0 rings (SSSR count). The summed E-state index contributed by atoms with van der Waals surface area (Å²) in [5.41, 5.74) is 0. The third kappa shape index (κ3) is 10.0. The molecule has 0 bridgehead atoms. The third-order valence-electron chi connectivity index (χ3n) is 1.13. The van der Waals surface area contributed by atoms with Gasteiger partial charge in [-0.05, 0) is 11.5 Å². The Morgan fingerprint density at radius 1 is 0.750 bits per heavy atom. The molecule has 0 aromatic heterocycles. The Morgan fingerprint density at radius 3 is 1.50 bits per heavy atom. The van der Waals surface area contributed by atoms with Crippen molar-refractivity contribution in [3.63, 3.8) is 0 Å². The van der Waals surface area contributed by atoms with Gasteiger partial charge in [0.25, 0.3) is 0 Å². The van der Waals surface area contributed by atoms with Crippen molar-refractivity contribution in [3.05, 3.63) is 0 Å². The van der Waals surface area contributed by atoms with Crippen LogP contribution in [0.4, 0.5) is 0 Å². The largest absolute Gasteiger partial charge is 0.303 e. The molecule has 12 heavy (non-hydrogen) atoms. The van der Waals surface area contributed by atoms with Gasteiger partial charge in [-0.2, -0.15) is 23.5 Å². The van der Waals surface area contributed by atoms with Gasteiger partial charge in [0.05, 0.1) is 0 Å². The van der Waals surface area contributed by atoms with E-state index in [1.165, 1.54) is 0 Å². The first kappa shape index (κ1) is 12.0. The quantitative estimate of drug-likeness (QED) is 0.424. The summed E-state index contributed by atoms with van der Waals surface area (Å²) in [5.74, 6) is 4.02. The first-order chi connectivity index (χ1) is 5.91. The van der Waals surface area contributed by atoms with E-state index in [-0.39, 0.29) is 0 Å². The molecule has 70 valence electrons. The monoisotopic (exact) mass is 206 g/mol. The Morgan fingerprint density at radius 2 is 1.17 bits per heavy atom. The number of aldehydes is 2. The molecule has 0 aromatic carbocycles. The standard InChI is InChI=1S/C8H14O2S2/c9-3-1-5-11-7-8-12-6-2-4-10/h3-4H,1-2,5-8H2. The van der Waals surface area contributed by atoms with Crippen molar-refractivity contribution in [2.45, 2.75) is 12.8 Å². The van der Waals surface area contributed by atoms with Crippen LogP contribution in [0.3, 0.4) is 0 Å². The van der Waals surface area contributed by atoms with Crippen LogP contribution in [0.15, 0.2) is 0 Å². The van der Waals surface area contributed by atoms with Crippen molar-refractivity contribution in [1.82, 2.24) is 0 Å². The van der Waals surface area contributed by atoms with E-state index in [2.05, 4.69) is 0 Å². The second kappa shape index (κ2) is 11.0. The van der Waals surface area contributed by atoms with E-state index in [4.69, 9.17) is 0 Å². The van der Waals surface area contributed by atoms with Gasteiger partial charge in [-0.15, -0.1) is 0 Å². The molecule has 0 heterocycles. The van der Waals surface area contributed by atoms with Gasteiger partial charge in [0.1, 0.15) is 12.6 Å². The summed E-state index contributed by atoms with van der Waals surface area (Å²) >= 11 is 3.59. The highest BCUT2D eigenvalue weighted by Crippen LogP contribution is 2.07. The molecule has 2 nitrogen and oxygen atoms in total. The average Bonchev–Trinajstić information content (AvgIpc) is 2.10. The highest BCUT2D eigenvalue weighted by Gasteiger charge is 1.90. The molecule has 0 aliphatic rings. The minimum absolute atomic E-state index is 0.656. The van der Waals surface area contributed by atoms with E-state index >= 15 is 0 Å². The fraction of sp³-hybridized carbons (Fsp3) is 0.750. The van der Waals surface area contributed by atoms with Crippen LogP contribution in [0.25, 0.3) is 0 Å². The summed E-state index contributed by atoms with van der Waals surface area (Å²) in [5, 5.41) is 0. The molecule has 0 amide bonds. The Kier molecular flexibility index (Phi) is 11.1. The summed E-state index contributed by atoms with van der Waals surface area (Å²) in [6, 6.07) is 0. The summed E-state index contributed by atoms with van der Waals surface area (Å²) in [4.78, 5) is 19.8. The summed E-state index contributed by atoms with van der Waals surface area (Å²) < 4.78 is 0. The zero-order valence-electron chi connectivity index (χ0n) is 7.03. The van der Waals surface area contributed by atoms with Gasteiger partial charge < -0.3 is 9.59 Å². The number of rotatable bonds is 9. The molecule has 0 aromatic rings. The normalized spacial score (nSPS) is 9.67. The molecule has 0 atom stereocenters. The average molecular weight is 206 g/mol. The first-order valence-corrected chi connectivity index (χ1v) is 6.25. The van der Waals surface area contributed by atoms with E-state index in [1.807, 2.05) is 0 Å². The van der Waals surface area contributed by atoms with Crippen LogP contribution >= 0.6 is 23.5 Å². The molecule has 0 unspecified atom stereocenters. The predicted molar refractivity (Wildman–Crippen MR) is 56.0 cm³/mol. The van der Waals surface area contributed by atoms with Gasteiger partial charge in [-0.25, -0.2) is 0 Å². The Bertz CT molecular complexity index is 104. The number of carbonyl (C=O) groups excluding carboxylic acids is 2. The zero-order valence-corrected chi connectivity index (χ0v) is 8.66. The lowest BCUT2D eigenvalue weighted by atomic mass is 10.6. The highest BCUT2D eigenvalue weighted by molar-refractivity contribution is 8.02. The van der Waals surface area contributed by atoms with Gasteiger partial charge in [-0.1, -0.05) is 0 Å². The van der Waals surface area contributed by atoms with Gasteiger partial charge in [0, 0.05) is 24.3 Å². The molecule has 0 saturated carbocycles. The fourth-order valence-corrected chi connectivity index (χ4v) is 2.46. The van der Waals surface area contributed by atoms with Gasteiger partial charge in [0.15, 0.2) is 0 Å². The Balaban J connectivity index is 2.81. The molecular formula is C8H14O2S2. The predicted octanol–water partition coefficient (Wildman–Crippen LogP) is 1.63. The lowest BCUT2D eigenvalue weighted by Crippen LogP contribution is -1.89. The van der Waals surface area contributed by atoms with Crippen molar-refractivity contribution in [2.24, 2.45) is 0 Å². The molecule has 0 N–H and O–H groups in total. The van der Waals surface area contributed by atoms with Crippen molar-refractivity contribution in [3.8, 4) is 0 Å². The number of hydrogen-bond donors (Lipinski definition) is 0. The van der Waals surface area contributed by atoms with Gasteiger partial charge in [0.2, 0.25) is 0 Å². The topological polar surface area (TPSA) is 34.1 Å². The lowest BCUT2D eigenvalue weighted by molar-refractivity contribution is -0.108. The minimum Gasteiger partial charge on any atom is -0.303 e. The number of thioether (sulfide) groups is 2. The second-order valence-electron chi connectivity index (χ2n) is 2.14. The van der Waals surface area contributed by atoms with Crippen LogP contribution in [0.1, 0.15) is 12.8 Å². The smallest absolute Gasteiger partial charge is 0.120 e. The maximum Gasteiger partial charge on any atom is 0.120 e. The molecular weight excluding hydrogens is 192 g/mol. The Labute approximate surface area is 81.9 Å². The number of carbonyl (C=O) groups is 2. The van der Waals surface area contributed by atoms with Crippen LogP contribution in [-0.4, -0.2) is 35.6 Å². The maximum atomic E-state index is 9.92. The van der Waals surface area contributed by atoms with E-state index in [0.29, 0.717) is 12.8 Å². The zero-order chi connectivity index (χ0) is 9.07. The molecule has 4 heteroatoms. The summed E-state index contributed by atoms with van der Waals surface area (Å²) in [6.07, 6.45) is 3.21. The van der Waals surface area contributed by atoms with Crippen LogP contribution < -0.4 is 0 Å². The van der Waals surface area contributed by atoms with Crippen LogP contribution in [-0.2, 0) is 9.59 Å². The van der Waals surface area contributed by atoms with Crippen molar-refractivity contribution < 1.29 is 9.59 Å². The van der Waals surface area contributed by atoms with Crippen LogP contribution in [0.5, 0.6) is 0 Å². The van der Waals surface area contributed by atoms with Gasteiger partial charge >= 0.3 is 0 Å². The fourth-order valence-electron chi connectivity index (χ4n) is 0.585. The summed E-state index contributed by atoms with van der Waals surface area (Å²) in [6.45, 7) is 0. The first-order valence-electron chi connectivity index (χ1n) is 3.94. The SMILES string of the molecule is O=CCCSCCSCCC=O. The molecule has 0 aliphatic carbocycles. The van der Waals surface area contributed by atoms with E-state index in [1.54, 1.807) is 23.5 Å².